The van der Waals surface area contributed by atoms with E-state index >= 15 is 0 Å². The number of hydrogen-bond donors (Lipinski definition) is 3. The van der Waals surface area contributed by atoms with Crippen LogP contribution in [0, 0.1) is 0 Å². The number of aliphatic hydroxyl groups is 1. The maximum atomic E-state index is 11.8. The molecule has 5 heteroatoms. The Morgan fingerprint density at radius 1 is 1.14 bits per heavy atom. The molecular weight excluding hydrogens is 290 g/mol. The van der Waals surface area contributed by atoms with Crippen molar-refractivity contribution in [1.29, 1.82) is 0 Å². The molecule has 0 aliphatic rings. The number of rotatable bonds is 5. The number of halogens is 1. The number of para-hydroxylation sites is 1. The van der Waals surface area contributed by atoms with E-state index in [0.29, 0.717) is 16.1 Å². The van der Waals surface area contributed by atoms with Crippen LogP contribution in [0.5, 0.6) is 5.75 Å². The summed E-state index contributed by atoms with van der Waals surface area (Å²) < 4.78 is 0. The zero-order valence-corrected chi connectivity index (χ0v) is 12.0. The van der Waals surface area contributed by atoms with E-state index in [1.807, 2.05) is 0 Å². The van der Waals surface area contributed by atoms with Gasteiger partial charge in [0, 0.05) is 17.1 Å². The molecule has 4 nitrogen and oxygen atoms in total. The molecule has 0 saturated carbocycles. The number of phenols is 1. The molecule has 21 heavy (non-hydrogen) atoms. The molecule has 0 bridgehead atoms. The minimum absolute atomic E-state index is 0.0695. The van der Waals surface area contributed by atoms with Gasteiger partial charge in [-0.2, -0.15) is 0 Å². The summed E-state index contributed by atoms with van der Waals surface area (Å²) in [5.41, 5.74) is 1.23. The van der Waals surface area contributed by atoms with Crippen molar-refractivity contribution in [3.63, 3.8) is 0 Å². The highest BCUT2D eigenvalue weighted by atomic mass is 35.5. The van der Waals surface area contributed by atoms with Gasteiger partial charge < -0.3 is 15.5 Å². The minimum atomic E-state index is -0.796. The monoisotopic (exact) mass is 305 g/mol. The van der Waals surface area contributed by atoms with Gasteiger partial charge in [0.2, 0.25) is 5.91 Å². The summed E-state index contributed by atoms with van der Waals surface area (Å²) in [7, 11) is 0. The smallest absolute Gasteiger partial charge is 0.224 e. The number of amides is 1. The minimum Gasteiger partial charge on any atom is -0.508 e. The van der Waals surface area contributed by atoms with Crippen LogP contribution in [0.2, 0.25) is 5.02 Å². The fourth-order valence-corrected chi connectivity index (χ4v) is 2.04. The van der Waals surface area contributed by atoms with Crippen molar-refractivity contribution in [2.24, 2.45) is 0 Å². The molecule has 2 rings (SSSR count). The van der Waals surface area contributed by atoms with Gasteiger partial charge in [-0.15, -0.1) is 0 Å². The number of aliphatic hydroxyl groups excluding tert-OH is 1. The van der Waals surface area contributed by atoms with Crippen LogP contribution in [0.3, 0.4) is 0 Å². The molecule has 110 valence electrons. The maximum Gasteiger partial charge on any atom is 0.224 e. The van der Waals surface area contributed by atoms with Gasteiger partial charge in [-0.05, 0) is 23.8 Å². The molecule has 2 aromatic rings. The number of carbonyl (C=O) groups is 1. The molecule has 3 N–H and O–H groups in total. The van der Waals surface area contributed by atoms with Gasteiger partial charge in [0.25, 0.3) is 0 Å². The molecule has 0 aromatic heterocycles. The lowest BCUT2D eigenvalue weighted by Crippen LogP contribution is -2.29. The van der Waals surface area contributed by atoms with Gasteiger partial charge >= 0.3 is 0 Å². The van der Waals surface area contributed by atoms with Gasteiger partial charge in [0.15, 0.2) is 0 Å². The van der Waals surface area contributed by atoms with Gasteiger partial charge in [0.05, 0.1) is 12.5 Å². The molecular formula is C16H16ClNO3. The van der Waals surface area contributed by atoms with Crippen LogP contribution in [-0.4, -0.2) is 22.7 Å². The highest BCUT2D eigenvalue weighted by Gasteiger charge is 2.11. The number of benzene rings is 2. The van der Waals surface area contributed by atoms with Crippen molar-refractivity contribution in [2.45, 2.75) is 12.5 Å². The van der Waals surface area contributed by atoms with Crippen molar-refractivity contribution < 1.29 is 15.0 Å². The van der Waals surface area contributed by atoms with E-state index < -0.39 is 6.10 Å². The highest BCUT2D eigenvalue weighted by molar-refractivity contribution is 6.30. The average Bonchev–Trinajstić information content (AvgIpc) is 2.48. The van der Waals surface area contributed by atoms with Gasteiger partial charge in [-0.1, -0.05) is 41.9 Å². The Morgan fingerprint density at radius 2 is 1.81 bits per heavy atom. The van der Waals surface area contributed by atoms with Crippen LogP contribution in [0.1, 0.15) is 17.2 Å². The Hall–Kier alpha value is -2.04. The first-order valence-corrected chi connectivity index (χ1v) is 6.91. The van der Waals surface area contributed by atoms with E-state index in [-0.39, 0.29) is 24.6 Å². The molecule has 2 aromatic carbocycles. The van der Waals surface area contributed by atoms with Crippen molar-refractivity contribution in [2.75, 3.05) is 6.54 Å². The zero-order valence-electron chi connectivity index (χ0n) is 11.3. The summed E-state index contributed by atoms with van der Waals surface area (Å²) in [5.74, 6) is -0.171. The Morgan fingerprint density at radius 3 is 2.48 bits per heavy atom. The van der Waals surface area contributed by atoms with Gasteiger partial charge in [0.1, 0.15) is 5.75 Å². The summed E-state index contributed by atoms with van der Waals surface area (Å²) in [6.45, 7) is 0.105. The Bertz CT molecular complexity index is 613. The highest BCUT2D eigenvalue weighted by Crippen LogP contribution is 2.17. The van der Waals surface area contributed by atoms with Gasteiger partial charge in [-0.3, -0.25) is 4.79 Å². The van der Waals surface area contributed by atoms with Crippen molar-refractivity contribution >= 4 is 17.5 Å². The van der Waals surface area contributed by atoms with E-state index in [4.69, 9.17) is 11.6 Å². The third-order valence-electron chi connectivity index (χ3n) is 3.09. The maximum absolute atomic E-state index is 11.8. The average molecular weight is 306 g/mol. The summed E-state index contributed by atoms with van der Waals surface area (Å²) in [6, 6.07) is 13.5. The van der Waals surface area contributed by atoms with Crippen molar-refractivity contribution in [3.05, 3.63) is 64.7 Å². The third kappa shape index (κ3) is 4.48. The van der Waals surface area contributed by atoms with Crippen LogP contribution in [0.15, 0.2) is 48.5 Å². The number of nitrogens with one attached hydrogen (secondary N) is 1. The lowest BCUT2D eigenvalue weighted by molar-refractivity contribution is -0.120. The molecule has 1 atom stereocenters. The second-order valence-electron chi connectivity index (χ2n) is 4.68. The first-order chi connectivity index (χ1) is 10.1. The SMILES string of the molecule is O=C(Cc1ccccc1O)NCC(O)c1ccc(Cl)cc1. The lowest BCUT2D eigenvalue weighted by atomic mass is 10.1. The van der Waals surface area contributed by atoms with Crippen LogP contribution < -0.4 is 5.32 Å². The normalized spacial score (nSPS) is 11.9. The fourth-order valence-electron chi connectivity index (χ4n) is 1.91. The molecule has 0 aliphatic carbocycles. The van der Waals surface area contributed by atoms with E-state index in [0.717, 1.165) is 0 Å². The summed E-state index contributed by atoms with van der Waals surface area (Å²) in [6.07, 6.45) is -0.726. The second-order valence-corrected chi connectivity index (χ2v) is 5.11. The molecule has 0 heterocycles. The third-order valence-corrected chi connectivity index (χ3v) is 3.34. The van der Waals surface area contributed by atoms with Crippen LogP contribution in [0.4, 0.5) is 0 Å². The summed E-state index contributed by atoms with van der Waals surface area (Å²) >= 11 is 5.77. The number of aromatic hydroxyl groups is 1. The molecule has 0 spiro atoms. The predicted molar refractivity (Wildman–Crippen MR) is 81.2 cm³/mol. The lowest BCUT2D eigenvalue weighted by Gasteiger charge is -2.12. The molecule has 1 unspecified atom stereocenters. The van der Waals surface area contributed by atoms with E-state index in [2.05, 4.69) is 5.32 Å². The van der Waals surface area contributed by atoms with E-state index in [9.17, 15) is 15.0 Å². The summed E-state index contributed by atoms with van der Waals surface area (Å²) in [5, 5.41) is 22.8. The summed E-state index contributed by atoms with van der Waals surface area (Å²) in [4.78, 5) is 11.8. The first-order valence-electron chi connectivity index (χ1n) is 6.53. The number of phenolic OH excluding ortho intramolecular Hbond substituents is 1. The Balaban J connectivity index is 1.86. The molecule has 0 saturated heterocycles. The topological polar surface area (TPSA) is 69.6 Å². The zero-order chi connectivity index (χ0) is 15.2. The molecule has 0 fully saturated rings. The van der Waals surface area contributed by atoms with Crippen molar-refractivity contribution in [1.82, 2.24) is 5.32 Å². The number of carbonyl (C=O) groups excluding carboxylic acids is 1. The van der Waals surface area contributed by atoms with Crippen LogP contribution in [-0.2, 0) is 11.2 Å². The van der Waals surface area contributed by atoms with Crippen LogP contribution >= 0.6 is 11.6 Å². The largest absolute Gasteiger partial charge is 0.508 e. The van der Waals surface area contributed by atoms with E-state index in [1.165, 1.54) is 6.07 Å². The number of hydrogen-bond acceptors (Lipinski definition) is 3. The Labute approximate surface area is 128 Å². The van der Waals surface area contributed by atoms with Crippen molar-refractivity contribution in [3.8, 4) is 5.75 Å². The van der Waals surface area contributed by atoms with E-state index in [1.54, 1.807) is 42.5 Å². The molecule has 0 radical (unpaired) electrons. The quantitative estimate of drug-likeness (QED) is 0.794. The van der Waals surface area contributed by atoms with Crippen LogP contribution in [0.25, 0.3) is 0 Å². The Kier molecular flexibility index (Phi) is 5.20. The second kappa shape index (κ2) is 7.11. The standard InChI is InChI=1S/C16H16ClNO3/c17-13-7-5-11(6-8-13)15(20)10-18-16(21)9-12-3-1-2-4-14(12)19/h1-8,15,19-20H,9-10H2,(H,18,21). The molecule has 1 amide bonds. The predicted octanol–water partition coefficient (Wildman–Crippen LogP) is 2.44. The van der Waals surface area contributed by atoms with Gasteiger partial charge in [-0.25, -0.2) is 0 Å². The first kappa shape index (κ1) is 15.4. The fraction of sp³-hybridized carbons (Fsp3) is 0.188. The molecule has 0 aliphatic heterocycles.